The van der Waals surface area contributed by atoms with Crippen molar-refractivity contribution < 1.29 is 9.84 Å². The Balaban J connectivity index is 2.45. The summed E-state index contributed by atoms with van der Waals surface area (Å²) in [5.41, 5.74) is 1.82. The van der Waals surface area contributed by atoms with Gasteiger partial charge in [-0.2, -0.15) is 10.4 Å². The van der Waals surface area contributed by atoms with Crippen LogP contribution in [-0.4, -0.2) is 15.3 Å². The molecule has 0 amide bonds. The summed E-state index contributed by atoms with van der Waals surface area (Å²) in [7, 11) is 0. The van der Waals surface area contributed by atoms with Crippen LogP contribution in [-0.2, 0) is 6.42 Å². The van der Waals surface area contributed by atoms with Gasteiger partial charge in [0.25, 0.3) is 0 Å². The maximum absolute atomic E-state index is 9.73. The van der Waals surface area contributed by atoms with E-state index < -0.39 is 6.10 Å². The first-order valence-corrected chi connectivity index (χ1v) is 6.44. The topological polar surface area (TPSA) is 86.3 Å². The smallest absolute Gasteiger partial charge is 0.192 e. The highest BCUT2D eigenvalue weighted by Crippen LogP contribution is 2.33. The van der Waals surface area contributed by atoms with Gasteiger partial charge in [0.1, 0.15) is 11.4 Å². The number of hydrogen-bond donors (Lipinski definition) is 2. The van der Waals surface area contributed by atoms with Crippen molar-refractivity contribution in [3.63, 3.8) is 0 Å². The molecule has 2 N–H and O–H groups in total. The maximum atomic E-state index is 9.73. The molecule has 1 aromatic heterocycles. The van der Waals surface area contributed by atoms with Crippen molar-refractivity contribution in [3.05, 3.63) is 46.6 Å². The predicted octanol–water partition coefficient (Wildman–Crippen LogP) is 3.24. The van der Waals surface area contributed by atoms with E-state index in [2.05, 4.69) is 15.0 Å². The monoisotopic (exact) mass is 282 g/mol. The Morgan fingerprint density at radius 1 is 1.52 bits per heavy atom. The number of aromatic amines is 1. The standard InChI is InChI=1S/C15H14N4O2/c1-4-13-15(14(9(2)20)19-18-13)21-12-6-10(8-16)5-11(7-12)17-3/h5-7,9,20H,4H2,1-2H3,(H,18,19). The summed E-state index contributed by atoms with van der Waals surface area (Å²) < 4.78 is 5.77. The van der Waals surface area contributed by atoms with Crippen molar-refractivity contribution in [2.24, 2.45) is 0 Å². The van der Waals surface area contributed by atoms with Crippen LogP contribution in [0, 0.1) is 17.9 Å². The lowest BCUT2D eigenvalue weighted by Gasteiger charge is -2.10. The highest BCUT2D eigenvalue weighted by Gasteiger charge is 2.18. The number of H-pyrrole nitrogens is 1. The summed E-state index contributed by atoms with van der Waals surface area (Å²) in [6.45, 7) is 10.6. The van der Waals surface area contributed by atoms with Gasteiger partial charge in [0.05, 0.1) is 24.4 Å². The molecule has 6 heteroatoms. The quantitative estimate of drug-likeness (QED) is 0.843. The molecule has 1 aromatic carbocycles. The minimum absolute atomic E-state index is 0.323. The SMILES string of the molecule is [C-]#[N+]c1cc(C#N)cc(Oc2c(C(C)O)n[nH]c2CC)c1. The first kappa shape index (κ1) is 14.6. The summed E-state index contributed by atoms with van der Waals surface area (Å²) in [6, 6.07) is 6.58. The van der Waals surface area contributed by atoms with Gasteiger partial charge >= 0.3 is 0 Å². The van der Waals surface area contributed by atoms with Gasteiger partial charge in [0.2, 0.25) is 0 Å². The molecule has 106 valence electrons. The van der Waals surface area contributed by atoms with Crippen LogP contribution < -0.4 is 4.74 Å². The molecule has 0 aliphatic rings. The summed E-state index contributed by atoms with van der Waals surface area (Å²) in [4.78, 5) is 3.32. The third-order valence-electron chi connectivity index (χ3n) is 2.94. The van der Waals surface area contributed by atoms with Crippen LogP contribution in [0.25, 0.3) is 4.85 Å². The average Bonchev–Trinajstić information content (AvgIpc) is 2.89. The van der Waals surface area contributed by atoms with E-state index in [9.17, 15) is 5.11 Å². The number of nitriles is 1. The predicted molar refractivity (Wildman–Crippen MR) is 76.1 cm³/mol. The van der Waals surface area contributed by atoms with Crippen LogP contribution >= 0.6 is 0 Å². The number of aliphatic hydroxyl groups is 1. The molecule has 1 heterocycles. The van der Waals surface area contributed by atoms with E-state index in [0.717, 1.165) is 5.69 Å². The molecular weight excluding hydrogens is 268 g/mol. The Labute approximate surface area is 122 Å². The largest absolute Gasteiger partial charge is 0.455 e. The number of nitrogens with zero attached hydrogens (tertiary/aromatic N) is 3. The van der Waals surface area contributed by atoms with Crippen molar-refractivity contribution in [1.29, 1.82) is 5.26 Å². The number of nitrogens with one attached hydrogen (secondary N) is 1. The maximum Gasteiger partial charge on any atom is 0.192 e. The summed E-state index contributed by atoms with van der Waals surface area (Å²) in [6.07, 6.45) is -0.126. The van der Waals surface area contributed by atoms with Gasteiger partial charge in [0.15, 0.2) is 11.4 Å². The lowest BCUT2D eigenvalue weighted by atomic mass is 10.2. The van der Waals surface area contributed by atoms with Crippen molar-refractivity contribution in [2.45, 2.75) is 26.4 Å². The fourth-order valence-electron chi connectivity index (χ4n) is 1.91. The number of ether oxygens (including phenoxy) is 1. The molecule has 6 nitrogen and oxygen atoms in total. The summed E-state index contributed by atoms with van der Waals surface area (Å²) in [5.74, 6) is 0.816. The lowest BCUT2D eigenvalue weighted by molar-refractivity contribution is 0.190. The number of rotatable bonds is 4. The highest BCUT2D eigenvalue weighted by molar-refractivity contribution is 5.56. The Morgan fingerprint density at radius 2 is 2.29 bits per heavy atom. The molecule has 1 unspecified atom stereocenters. The van der Waals surface area contributed by atoms with E-state index >= 15 is 0 Å². The van der Waals surface area contributed by atoms with Crippen LogP contribution in [0.5, 0.6) is 11.5 Å². The van der Waals surface area contributed by atoms with E-state index in [1.165, 1.54) is 6.07 Å². The molecule has 0 spiro atoms. The van der Waals surface area contributed by atoms with E-state index in [4.69, 9.17) is 16.6 Å². The number of aliphatic hydroxyl groups excluding tert-OH is 1. The first-order chi connectivity index (χ1) is 10.1. The Kier molecular flexibility index (Phi) is 4.22. The lowest BCUT2D eigenvalue weighted by Crippen LogP contribution is -1.96. The van der Waals surface area contributed by atoms with E-state index in [1.807, 2.05) is 13.0 Å². The second-order valence-electron chi connectivity index (χ2n) is 4.49. The zero-order valence-electron chi connectivity index (χ0n) is 11.7. The second kappa shape index (κ2) is 6.08. The molecule has 2 rings (SSSR count). The highest BCUT2D eigenvalue weighted by atomic mass is 16.5. The third kappa shape index (κ3) is 3.02. The minimum Gasteiger partial charge on any atom is -0.455 e. The second-order valence-corrected chi connectivity index (χ2v) is 4.49. The zero-order chi connectivity index (χ0) is 15.4. The average molecular weight is 282 g/mol. The molecule has 0 aliphatic heterocycles. The van der Waals surface area contributed by atoms with Crippen LogP contribution in [0.1, 0.15) is 36.9 Å². The number of benzene rings is 1. The fraction of sp³-hybridized carbons (Fsp3) is 0.267. The van der Waals surface area contributed by atoms with Crippen LogP contribution in [0.3, 0.4) is 0 Å². The molecule has 21 heavy (non-hydrogen) atoms. The third-order valence-corrected chi connectivity index (χ3v) is 2.94. The van der Waals surface area contributed by atoms with Crippen LogP contribution in [0.4, 0.5) is 5.69 Å². The van der Waals surface area contributed by atoms with Gasteiger partial charge < -0.3 is 9.84 Å². The summed E-state index contributed by atoms with van der Waals surface area (Å²) in [5, 5.41) is 25.6. The fourth-order valence-corrected chi connectivity index (χ4v) is 1.91. The molecule has 0 fully saturated rings. The Bertz CT molecular complexity index is 703. The number of hydrogen-bond acceptors (Lipinski definition) is 4. The minimum atomic E-state index is -0.781. The molecule has 0 saturated carbocycles. The van der Waals surface area contributed by atoms with E-state index in [1.54, 1.807) is 19.1 Å². The molecule has 2 aromatic rings. The van der Waals surface area contributed by atoms with Gasteiger partial charge in [-0.05, 0) is 31.5 Å². The van der Waals surface area contributed by atoms with Crippen molar-refractivity contribution in [3.8, 4) is 17.6 Å². The molecule has 1 atom stereocenters. The Hall–Kier alpha value is -2.83. The van der Waals surface area contributed by atoms with Crippen molar-refractivity contribution >= 4 is 5.69 Å². The molecule has 0 radical (unpaired) electrons. The van der Waals surface area contributed by atoms with Crippen LogP contribution in [0.15, 0.2) is 18.2 Å². The van der Waals surface area contributed by atoms with Crippen molar-refractivity contribution in [1.82, 2.24) is 10.2 Å². The number of aromatic nitrogens is 2. The molecule has 0 aliphatic carbocycles. The van der Waals surface area contributed by atoms with Gasteiger partial charge in [0, 0.05) is 5.56 Å². The molecular formula is C15H14N4O2. The zero-order valence-corrected chi connectivity index (χ0v) is 11.7. The van der Waals surface area contributed by atoms with Crippen LogP contribution in [0.2, 0.25) is 0 Å². The van der Waals surface area contributed by atoms with Gasteiger partial charge in [-0.1, -0.05) is 6.92 Å². The van der Waals surface area contributed by atoms with Gasteiger partial charge in [-0.15, -0.1) is 0 Å². The van der Waals surface area contributed by atoms with Gasteiger partial charge in [-0.3, -0.25) is 5.10 Å². The van der Waals surface area contributed by atoms with Crippen molar-refractivity contribution in [2.75, 3.05) is 0 Å². The number of aryl methyl sites for hydroxylation is 1. The van der Waals surface area contributed by atoms with E-state index in [0.29, 0.717) is 34.9 Å². The Morgan fingerprint density at radius 3 is 2.86 bits per heavy atom. The normalized spacial score (nSPS) is 11.5. The van der Waals surface area contributed by atoms with Gasteiger partial charge in [-0.25, -0.2) is 4.85 Å². The summed E-state index contributed by atoms with van der Waals surface area (Å²) >= 11 is 0. The first-order valence-electron chi connectivity index (χ1n) is 6.44. The van der Waals surface area contributed by atoms with E-state index in [-0.39, 0.29) is 0 Å². The molecule has 0 bridgehead atoms. The molecule has 0 saturated heterocycles.